The number of thiophene rings is 1. The highest BCUT2D eigenvalue weighted by molar-refractivity contribution is 8.04. The number of amides is 2. The number of rotatable bonds is 6. The van der Waals surface area contributed by atoms with Crippen molar-refractivity contribution < 1.29 is 27.6 Å². The number of primary amides is 1. The number of likely N-dealkylation sites (tertiary alicyclic amines) is 1. The lowest BCUT2D eigenvalue weighted by Gasteiger charge is -2.23. The molecule has 2 amide bonds. The molecule has 2 aromatic rings. The predicted molar refractivity (Wildman–Crippen MR) is 114 cm³/mol. The van der Waals surface area contributed by atoms with E-state index in [4.69, 9.17) is 5.73 Å². The van der Waals surface area contributed by atoms with Gasteiger partial charge in [-0.05, 0) is 36.4 Å². The molecule has 2 unspecified atom stereocenters. The number of aromatic nitrogens is 1. The number of fused-ring (bicyclic) bond motifs is 1. The third-order valence-electron chi connectivity index (χ3n) is 5.55. The summed E-state index contributed by atoms with van der Waals surface area (Å²) >= 11 is 1.29. The van der Waals surface area contributed by atoms with Crippen LogP contribution in [0, 0.1) is 6.42 Å². The van der Waals surface area contributed by atoms with Crippen LogP contribution in [0.4, 0.5) is 0 Å². The molecule has 0 spiro atoms. The summed E-state index contributed by atoms with van der Waals surface area (Å²) in [6, 6.07) is 4.16. The lowest BCUT2D eigenvalue weighted by Crippen LogP contribution is -2.44. The molecule has 4 heterocycles. The summed E-state index contributed by atoms with van der Waals surface area (Å²) in [4.78, 5) is 55.2. The average Bonchev–Trinajstić information content (AvgIpc) is 3.49. The monoisotopic (exact) mass is 475 g/mol. The largest absolute Gasteiger partial charge is 0.366 e. The minimum Gasteiger partial charge on any atom is -0.366 e. The van der Waals surface area contributed by atoms with Crippen molar-refractivity contribution in [2.24, 2.45) is 5.73 Å². The van der Waals surface area contributed by atoms with E-state index in [-0.39, 0.29) is 25.1 Å². The van der Waals surface area contributed by atoms with Gasteiger partial charge in [0.1, 0.15) is 11.7 Å². The number of nitrogens with zero attached hydrogens (tertiary/aromatic N) is 3. The van der Waals surface area contributed by atoms with Gasteiger partial charge in [-0.1, -0.05) is 6.07 Å². The molecule has 12 heteroatoms. The Balaban J connectivity index is 1.48. The molecule has 2 saturated heterocycles. The summed E-state index contributed by atoms with van der Waals surface area (Å²) < 4.78 is 26.7. The average molecular weight is 476 g/mol. The SMILES string of the molecule is NC(=O)c1ccsc1C[CH]C(=O)N1CCC2C1C(=O)CN2S(=O)(=O)C(=O)c1ccccn1. The number of hydrogen-bond acceptors (Lipinski definition) is 8. The minimum atomic E-state index is -4.48. The number of ketones is 1. The summed E-state index contributed by atoms with van der Waals surface area (Å²) in [5, 5.41) is 0.515. The summed E-state index contributed by atoms with van der Waals surface area (Å²) in [5.74, 6) is -1.47. The molecule has 4 rings (SSSR count). The molecule has 0 bridgehead atoms. The van der Waals surface area contributed by atoms with Gasteiger partial charge in [0.05, 0.1) is 24.6 Å². The third-order valence-corrected chi connectivity index (χ3v) is 8.19. The number of carbonyl (C=O) groups is 4. The van der Waals surface area contributed by atoms with Crippen molar-refractivity contribution in [3.05, 3.63) is 58.4 Å². The summed E-state index contributed by atoms with van der Waals surface area (Å²) in [6.07, 6.45) is 3.06. The van der Waals surface area contributed by atoms with E-state index in [1.165, 1.54) is 41.0 Å². The molecule has 2 aromatic heterocycles. The molecule has 0 saturated carbocycles. The maximum Gasteiger partial charge on any atom is 0.310 e. The van der Waals surface area contributed by atoms with Gasteiger partial charge in [0.2, 0.25) is 11.8 Å². The Morgan fingerprint density at radius 3 is 2.72 bits per heavy atom. The van der Waals surface area contributed by atoms with E-state index < -0.39 is 51.4 Å². The van der Waals surface area contributed by atoms with Crippen molar-refractivity contribution in [3.63, 3.8) is 0 Å². The molecule has 2 aliphatic heterocycles. The van der Waals surface area contributed by atoms with Gasteiger partial charge >= 0.3 is 5.12 Å². The molecule has 0 aromatic carbocycles. The molecule has 2 aliphatic rings. The highest BCUT2D eigenvalue weighted by atomic mass is 32.2. The molecule has 167 valence electrons. The van der Waals surface area contributed by atoms with Crippen LogP contribution in [-0.2, 0) is 26.0 Å². The first kappa shape index (κ1) is 22.2. The summed E-state index contributed by atoms with van der Waals surface area (Å²) in [7, 11) is -4.48. The summed E-state index contributed by atoms with van der Waals surface area (Å²) in [5.41, 5.74) is 5.42. The van der Waals surface area contributed by atoms with Gasteiger partial charge in [0.15, 0.2) is 5.78 Å². The van der Waals surface area contributed by atoms with Crippen LogP contribution >= 0.6 is 11.3 Å². The quantitative estimate of drug-likeness (QED) is 0.619. The molecular formula is C20H19N4O6S2. The molecule has 2 fully saturated rings. The second-order valence-corrected chi connectivity index (χ2v) is 10.2. The standard InChI is InChI=1S/C20H19N4O6S2/c21-19(27)12-7-10-31-16(12)4-5-17(26)23-9-6-14-18(23)15(25)11-24(14)32(29,30)20(28)13-3-1-2-8-22-13/h1-3,5,7-8,10,14,18H,4,6,9,11H2,(H2,21,27). The van der Waals surface area contributed by atoms with Crippen LogP contribution in [-0.4, -0.2) is 70.5 Å². The van der Waals surface area contributed by atoms with Gasteiger partial charge in [-0.15, -0.1) is 11.3 Å². The van der Waals surface area contributed by atoms with Crippen LogP contribution in [0.2, 0.25) is 0 Å². The van der Waals surface area contributed by atoms with Crippen molar-refractivity contribution in [2.75, 3.05) is 13.1 Å². The normalized spacial score (nSPS) is 21.0. The van der Waals surface area contributed by atoms with Crippen molar-refractivity contribution in [2.45, 2.75) is 24.9 Å². The fourth-order valence-electron chi connectivity index (χ4n) is 4.08. The first-order valence-corrected chi connectivity index (χ1v) is 12.0. The number of Topliss-reactive ketones (excluding diaryl/α,β-unsaturated/α-hetero) is 1. The van der Waals surface area contributed by atoms with Gasteiger partial charge in [-0.2, -0.15) is 4.31 Å². The smallest absolute Gasteiger partial charge is 0.310 e. The Morgan fingerprint density at radius 1 is 1.25 bits per heavy atom. The zero-order valence-electron chi connectivity index (χ0n) is 16.7. The number of hydrogen-bond donors (Lipinski definition) is 1. The van der Waals surface area contributed by atoms with Crippen molar-refractivity contribution in [1.29, 1.82) is 0 Å². The van der Waals surface area contributed by atoms with Gasteiger partial charge in [0.25, 0.3) is 10.0 Å². The molecule has 0 aliphatic carbocycles. The lowest BCUT2D eigenvalue weighted by molar-refractivity contribution is -0.133. The zero-order valence-corrected chi connectivity index (χ0v) is 18.3. The van der Waals surface area contributed by atoms with Gasteiger partial charge in [0, 0.05) is 17.6 Å². The Bertz CT molecular complexity index is 1190. The van der Waals surface area contributed by atoms with Crippen LogP contribution in [0.3, 0.4) is 0 Å². The summed E-state index contributed by atoms with van der Waals surface area (Å²) in [6.45, 7) is -0.301. The lowest BCUT2D eigenvalue weighted by atomic mass is 10.1. The fraction of sp³-hybridized carbons (Fsp3) is 0.300. The highest BCUT2D eigenvalue weighted by Crippen LogP contribution is 2.33. The second kappa shape index (κ2) is 8.52. The second-order valence-electron chi connectivity index (χ2n) is 7.38. The highest BCUT2D eigenvalue weighted by Gasteiger charge is 2.54. The number of carbonyl (C=O) groups excluding carboxylic acids is 4. The van der Waals surface area contributed by atoms with E-state index in [1.54, 1.807) is 17.5 Å². The maximum absolute atomic E-state index is 12.9. The van der Waals surface area contributed by atoms with Crippen LogP contribution in [0.15, 0.2) is 35.8 Å². The van der Waals surface area contributed by atoms with Crippen LogP contribution in [0.5, 0.6) is 0 Å². The fourth-order valence-corrected chi connectivity index (χ4v) is 6.39. The van der Waals surface area contributed by atoms with Crippen molar-refractivity contribution in [1.82, 2.24) is 14.2 Å². The van der Waals surface area contributed by atoms with Crippen LogP contribution < -0.4 is 5.73 Å². The van der Waals surface area contributed by atoms with Crippen molar-refractivity contribution in [3.8, 4) is 0 Å². The molecular weight excluding hydrogens is 456 g/mol. The van der Waals surface area contributed by atoms with Crippen molar-refractivity contribution >= 4 is 44.1 Å². The molecule has 10 nitrogen and oxygen atoms in total. The third kappa shape index (κ3) is 3.85. The van der Waals surface area contributed by atoms with E-state index in [2.05, 4.69) is 4.98 Å². The zero-order chi connectivity index (χ0) is 23.0. The Hall–Kier alpha value is -2.96. The topological polar surface area (TPSA) is 148 Å². The van der Waals surface area contributed by atoms with Gasteiger partial charge in [-0.25, -0.2) is 8.42 Å². The van der Waals surface area contributed by atoms with Crippen LogP contribution in [0.25, 0.3) is 0 Å². The minimum absolute atomic E-state index is 0.164. The maximum atomic E-state index is 12.9. The van der Waals surface area contributed by atoms with Gasteiger partial charge < -0.3 is 10.6 Å². The number of sulfonamides is 1. The Kier molecular flexibility index (Phi) is 5.93. The van der Waals surface area contributed by atoms with E-state index in [1.807, 2.05) is 0 Å². The number of pyridine rings is 1. The number of nitrogens with two attached hydrogens (primary N) is 1. The Labute approximate surface area is 188 Å². The van der Waals surface area contributed by atoms with E-state index in [9.17, 15) is 27.6 Å². The molecule has 32 heavy (non-hydrogen) atoms. The molecule has 2 atom stereocenters. The predicted octanol–water partition coefficient (Wildman–Crippen LogP) is 0.0132. The van der Waals surface area contributed by atoms with E-state index >= 15 is 0 Å². The van der Waals surface area contributed by atoms with Gasteiger partial charge in [-0.3, -0.25) is 24.2 Å². The van der Waals surface area contributed by atoms with Crippen LogP contribution in [0.1, 0.15) is 32.1 Å². The molecule has 2 N–H and O–H groups in total. The first-order valence-electron chi connectivity index (χ1n) is 9.71. The van der Waals surface area contributed by atoms with E-state index in [0.717, 1.165) is 4.31 Å². The Morgan fingerprint density at radius 2 is 2.03 bits per heavy atom. The molecule has 1 radical (unpaired) electrons. The van der Waals surface area contributed by atoms with E-state index in [0.29, 0.717) is 10.4 Å². The first-order chi connectivity index (χ1) is 15.2.